The molecule has 2 aliphatic heterocycles. The summed E-state index contributed by atoms with van der Waals surface area (Å²) in [5.41, 5.74) is 0.605. The number of ether oxygens (including phenoxy) is 1. The van der Waals surface area contributed by atoms with E-state index in [4.69, 9.17) is 4.74 Å². The molecule has 2 saturated heterocycles. The molecule has 0 bridgehead atoms. The molecule has 3 heterocycles. The lowest BCUT2D eigenvalue weighted by Gasteiger charge is -2.35. The summed E-state index contributed by atoms with van der Waals surface area (Å²) >= 11 is 0. The lowest BCUT2D eigenvalue weighted by molar-refractivity contribution is -0.0389. The smallest absolute Gasteiger partial charge is 0.274 e. The van der Waals surface area contributed by atoms with Crippen molar-refractivity contribution in [2.24, 2.45) is 0 Å². The van der Waals surface area contributed by atoms with E-state index in [9.17, 15) is 9.90 Å². The van der Waals surface area contributed by atoms with Gasteiger partial charge in [0, 0.05) is 38.1 Å². The lowest BCUT2D eigenvalue weighted by atomic mass is 9.94. The number of rotatable bonds is 3. The molecule has 0 unspecified atom stereocenters. The fourth-order valence-electron chi connectivity index (χ4n) is 3.99. The quantitative estimate of drug-likeness (QED) is 0.863. The number of hydrogen-bond acceptors (Lipinski definition) is 5. The molecule has 1 aromatic heterocycles. The maximum absolute atomic E-state index is 13.0. The Bertz CT molecular complexity index is 771. The van der Waals surface area contributed by atoms with E-state index in [0.29, 0.717) is 31.7 Å². The first-order valence-corrected chi connectivity index (χ1v) is 9.40. The third-order valence-electron chi connectivity index (χ3n) is 5.50. The highest BCUT2D eigenvalue weighted by Crippen LogP contribution is 2.26. The normalized spacial score (nSPS) is 25.3. The molecular weight excluding hydrogens is 332 g/mol. The van der Waals surface area contributed by atoms with Crippen LogP contribution in [0.5, 0.6) is 0 Å². The lowest BCUT2D eigenvalue weighted by Crippen LogP contribution is -2.48. The molecule has 0 aliphatic carbocycles. The Hall–Kier alpha value is -1.96. The summed E-state index contributed by atoms with van der Waals surface area (Å²) in [6, 6.07) is 7.67. The molecule has 2 fully saturated rings. The monoisotopic (exact) mass is 358 g/mol. The summed E-state index contributed by atoms with van der Waals surface area (Å²) < 4.78 is 5.39. The van der Waals surface area contributed by atoms with Gasteiger partial charge in [0.1, 0.15) is 0 Å². The van der Waals surface area contributed by atoms with Crippen LogP contribution in [-0.4, -0.2) is 82.5 Å². The molecule has 2 aliphatic rings. The number of fused-ring (bicyclic) bond motifs is 1. The van der Waals surface area contributed by atoms with E-state index in [0.717, 1.165) is 50.0 Å². The number of aromatic amines is 1. The number of likely N-dealkylation sites (tertiary alicyclic amines) is 1. The molecule has 0 spiro atoms. The molecule has 2 aromatic rings. The van der Waals surface area contributed by atoms with Crippen molar-refractivity contribution >= 4 is 16.8 Å². The van der Waals surface area contributed by atoms with Crippen molar-refractivity contribution in [2.75, 3.05) is 45.9 Å². The Balaban J connectivity index is 1.43. The van der Waals surface area contributed by atoms with E-state index in [1.807, 2.05) is 29.2 Å². The maximum atomic E-state index is 13.0. The standard InChI is InChI=1S/C19H26N4O3/c24-18(17-15-4-1-2-5-16(15)20-21-17)23-8-3-6-19(25,7-9-23)14-22-10-12-26-13-11-22/h1-2,4-5,25H,3,6-14H2,(H,20,21)/t19-/m0/s1. The van der Waals surface area contributed by atoms with Crippen molar-refractivity contribution in [3.05, 3.63) is 30.0 Å². The van der Waals surface area contributed by atoms with Crippen molar-refractivity contribution in [2.45, 2.75) is 24.9 Å². The first-order valence-electron chi connectivity index (χ1n) is 9.40. The van der Waals surface area contributed by atoms with Crippen LogP contribution < -0.4 is 0 Å². The average molecular weight is 358 g/mol. The van der Waals surface area contributed by atoms with Gasteiger partial charge in [0.25, 0.3) is 5.91 Å². The number of benzene rings is 1. The summed E-state index contributed by atoms with van der Waals surface area (Å²) in [5.74, 6) is -0.0573. The van der Waals surface area contributed by atoms with Crippen LogP contribution in [-0.2, 0) is 4.74 Å². The minimum absolute atomic E-state index is 0.0573. The maximum Gasteiger partial charge on any atom is 0.274 e. The number of carbonyl (C=O) groups is 1. The molecule has 1 amide bonds. The molecular formula is C19H26N4O3. The number of morpholine rings is 1. The van der Waals surface area contributed by atoms with Crippen LogP contribution in [0.4, 0.5) is 0 Å². The molecule has 26 heavy (non-hydrogen) atoms. The molecule has 7 heteroatoms. The number of nitrogens with one attached hydrogen (secondary N) is 1. The minimum atomic E-state index is -0.736. The number of hydrogen-bond donors (Lipinski definition) is 2. The van der Waals surface area contributed by atoms with Crippen LogP contribution in [0, 0.1) is 0 Å². The van der Waals surface area contributed by atoms with Gasteiger partial charge in [-0.3, -0.25) is 14.8 Å². The molecule has 0 radical (unpaired) electrons. The van der Waals surface area contributed by atoms with E-state index in [2.05, 4.69) is 15.1 Å². The zero-order chi connectivity index (χ0) is 18.0. The van der Waals surface area contributed by atoms with Crippen LogP contribution in [0.1, 0.15) is 29.8 Å². The zero-order valence-corrected chi connectivity index (χ0v) is 15.0. The number of nitrogens with zero attached hydrogens (tertiary/aromatic N) is 3. The van der Waals surface area contributed by atoms with Crippen molar-refractivity contribution < 1.29 is 14.6 Å². The van der Waals surface area contributed by atoms with Gasteiger partial charge in [0.15, 0.2) is 5.69 Å². The number of para-hydroxylation sites is 1. The Kier molecular flexibility index (Phi) is 4.93. The minimum Gasteiger partial charge on any atom is -0.388 e. The van der Waals surface area contributed by atoms with Gasteiger partial charge in [0.05, 0.1) is 24.3 Å². The molecule has 4 rings (SSSR count). The number of aliphatic hydroxyl groups is 1. The van der Waals surface area contributed by atoms with Gasteiger partial charge < -0.3 is 14.7 Å². The van der Waals surface area contributed by atoms with Crippen LogP contribution >= 0.6 is 0 Å². The Morgan fingerprint density at radius 2 is 2.00 bits per heavy atom. The van der Waals surface area contributed by atoms with E-state index < -0.39 is 5.60 Å². The van der Waals surface area contributed by atoms with Gasteiger partial charge in [-0.05, 0) is 25.3 Å². The fourth-order valence-corrected chi connectivity index (χ4v) is 3.99. The van der Waals surface area contributed by atoms with Gasteiger partial charge in [-0.15, -0.1) is 0 Å². The Morgan fingerprint density at radius 1 is 1.19 bits per heavy atom. The second-order valence-corrected chi connectivity index (χ2v) is 7.38. The largest absolute Gasteiger partial charge is 0.388 e. The van der Waals surface area contributed by atoms with Gasteiger partial charge >= 0.3 is 0 Å². The molecule has 7 nitrogen and oxygen atoms in total. The number of amides is 1. The zero-order valence-electron chi connectivity index (χ0n) is 15.0. The SMILES string of the molecule is O=C(c1n[nH]c2ccccc12)N1CCC[C@@](O)(CN2CCOCC2)CC1. The highest BCUT2D eigenvalue weighted by molar-refractivity contribution is 6.04. The molecule has 1 atom stereocenters. The summed E-state index contributed by atoms with van der Waals surface area (Å²) in [7, 11) is 0. The van der Waals surface area contributed by atoms with Crippen molar-refractivity contribution in [1.29, 1.82) is 0 Å². The van der Waals surface area contributed by atoms with Crippen molar-refractivity contribution in [1.82, 2.24) is 20.0 Å². The van der Waals surface area contributed by atoms with Crippen LogP contribution in [0.3, 0.4) is 0 Å². The second-order valence-electron chi connectivity index (χ2n) is 7.38. The van der Waals surface area contributed by atoms with Gasteiger partial charge in [-0.2, -0.15) is 5.10 Å². The fraction of sp³-hybridized carbons (Fsp3) is 0.579. The topological polar surface area (TPSA) is 81.7 Å². The van der Waals surface area contributed by atoms with Crippen LogP contribution in [0.25, 0.3) is 10.9 Å². The van der Waals surface area contributed by atoms with Gasteiger partial charge in [-0.25, -0.2) is 0 Å². The number of H-pyrrole nitrogens is 1. The van der Waals surface area contributed by atoms with E-state index in [1.54, 1.807) is 0 Å². The average Bonchev–Trinajstić information content (AvgIpc) is 2.99. The molecule has 0 saturated carbocycles. The second kappa shape index (κ2) is 7.34. The van der Waals surface area contributed by atoms with Crippen molar-refractivity contribution in [3.63, 3.8) is 0 Å². The highest BCUT2D eigenvalue weighted by Gasteiger charge is 2.34. The first kappa shape index (κ1) is 17.5. The predicted octanol–water partition coefficient (Wildman–Crippen LogP) is 1.25. The molecule has 140 valence electrons. The molecule has 1 aromatic carbocycles. The third kappa shape index (κ3) is 3.60. The number of aromatic nitrogens is 2. The third-order valence-corrected chi connectivity index (χ3v) is 5.50. The summed E-state index contributed by atoms with van der Waals surface area (Å²) in [4.78, 5) is 17.1. The number of carbonyl (C=O) groups excluding carboxylic acids is 1. The molecule has 2 N–H and O–H groups in total. The predicted molar refractivity (Wildman–Crippen MR) is 98.1 cm³/mol. The highest BCUT2D eigenvalue weighted by atomic mass is 16.5. The summed E-state index contributed by atoms with van der Waals surface area (Å²) in [6.45, 7) is 5.06. The summed E-state index contributed by atoms with van der Waals surface area (Å²) in [6.07, 6.45) is 2.11. The van der Waals surface area contributed by atoms with Crippen molar-refractivity contribution in [3.8, 4) is 0 Å². The van der Waals surface area contributed by atoms with Crippen LogP contribution in [0.2, 0.25) is 0 Å². The first-order chi connectivity index (χ1) is 12.6. The number of β-amino-alcohol motifs (C(OH)–C–C–N with tert-alkyl or cyclic N) is 1. The van der Waals surface area contributed by atoms with Gasteiger partial charge in [-0.1, -0.05) is 18.2 Å². The van der Waals surface area contributed by atoms with Gasteiger partial charge in [0.2, 0.25) is 0 Å². The van der Waals surface area contributed by atoms with E-state index in [1.165, 1.54) is 0 Å². The summed E-state index contributed by atoms with van der Waals surface area (Å²) in [5, 5.41) is 19.1. The van der Waals surface area contributed by atoms with Crippen LogP contribution in [0.15, 0.2) is 24.3 Å². The Morgan fingerprint density at radius 3 is 2.85 bits per heavy atom. The van der Waals surface area contributed by atoms with E-state index >= 15 is 0 Å². The Labute approximate surface area is 152 Å². The van der Waals surface area contributed by atoms with E-state index in [-0.39, 0.29) is 5.91 Å².